The normalized spacial score (nSPS) is 50.5. The molecule has 0 aromatic carbocycles. The Labute approximate surface area is 223 Å². The minimum atomic E-state index is -1.72. The molecule has 13 atom stereocenters. The molecule has 10 heteroatoms. The van der Waals surface area contributed by atoms with Crippen molar-refractivity contribution in [2.24, 2.45) is 40.4 Å². The summed E-state index contributed by atoms with van der Waals surface area (Å²) >= 11 is 0. The van der Waals surface area contributed by atoms with Crippen LogP contribution in [0.15, 0.2) is 0 Å². The zero-order valence-corrected chi connectivity index (χ0v) is 22.5. The van der Waals surface area contributed by atoms with E-state index < -0.39 is 48.7 Å². The van der Waals surface area contributed by atoms with Gasteiger partial charge in [-0.05, 0) is 73.5 Å². The van der Waals surface area contributed by atoms with Crippen molar-refractivity contribution < 1.29 is 49.0 Å². The van der Waals surface area contributed by atoms with Crippen LogP contribution in [0.25, 0.3) is 0 Å². The van der Waals surface area contributed by atoms with Crippen molar-refractivity contribution in [2.45, 2.75) is 102 Å². The fourth-order valence-electron chi connectivity index (χ4n) is 9.14. The number of carbonyl (C=O) groups is 3. The van der Waals surface area contributed by atoms with Crippen molar-refractivity contribution in [1.82, 2.24) is 0 Å². The van der Waals surface area contributed by atoms with E-state index in [2.05, 4.69) is 18.6 Å². The second-order valence-corrected chi connectivity index (χ2v) is 12.9. The number of ether oxygens (including phenoxy) is 3. The molecular formula is C28H42O10. The van der Waals surface area contributed by atoms with Crippen LogP contribution in [-0.4, -0.2) is 88.5 Å². The average molecular weight is 539 g/mol. The monoisotopic (exact) mass is 538 g/mol. The molecule has 5 rings (SSSR count). The second-order valence-electron chi connectivity index (χ2n) is 12.9. The van der Waals surface area contributed by atoms with Crippen LogP contribution >= 0.6 is 0 Å². The minimum Gasteiger partial charge on any atom is -0.467 e. The lowest BCUT2D eigenvalue weighted by Gasteiger charge is -2.59. The standard InChI is InChI=1S/C28H42O10/c1-27-9-8-14(29)10-13(27)4-5-15-16-6-7-17(28(16,2)11-18(30)20(15)27)19(31)12-37-26-23(34)21(32)22(33)24(38-26)25(35)36-3/h13-17,20-24,26,29,32-34H,4-12H2,1-3H3/t13-,14-,15+,16-,17+,20-,21-,22-,23+,24-,26+,27+,28+/m1/s1. The third-order valence-corrected chi connectivity index (χ3v) is 11.1. The van der Waals surface area contributed by atoms with E-state index in [1.165, 1.54) is 0 Å². The quantitative estimate of drug-likeness (QED) is 0.368. The Balaban J connectivity index is 1.27. The fourth-order valence-corrected chi connectivity index (χ4v) is 9.14. The van der Waals surface area contributed by atoms with E-state index in [0.29, 0.717) is 18.8 Å². The Bertz CT molecular complexity index is 954. The van der Waals surface area contributed by atoms with Gasteiger partial charge in [-0.25, -0.2) is 4.79 Å². The van der Waals surface area contributed by atoms with E-state index in [1.54, 1.807) is 0 Å². The molecule has 0 spiro atoms. The summed E-state index contributed by atoms with van der Waals surface area (Å²) in [5.41, 5.74) is -0.575. The summed E-state index contributed by atoms with van der Waals surface area (Å²) in [4.78, 5) is 39.2. The van der Waals surface area contributed by atoms with E-state index in [1.807, 2.05) is 0 Å². The average Bonchev–Trinajstić information content (AvgIpc) is 3.23. The topological polar surface area (TPSA) is 160 Å². The largest absolute Gasteiger partial charge is 0.467 e. The number of aliphatic hydroxyl groups excluding tert-OH is 4. The van der Waals surface area contributed by atoms with Gasteiger partial charge in [0.05, 0.1) is 13.2 Å². The summed E-state index contributed by atoms with van der Waals surface area (Å²) in [6.07, 6.45) is -2.24. The summed E-state index contributed by atoms with van der Waals surface area (Å²) in [6, 6.07) is 0. The number of fused-ring (bicyclic) bond motifs is 5. The van der Waals surface area contributed by atoms with Crippen LogP contribution in [-0.2, 0) is 28.6 Å². The Morgan fingerprint density at radius 1 is 0.974 bits per heavy atom. The maximum atomic E-state index is 13.8. The van der Waals surface area contributed by atoms with Crippen molar-refractivity contribution in [3.63, 3.8) is 0 Å². The Hall–Kier alpha value is -1.43. The fraction of sp³-hybridized carbons (Fsp3) is 0.893. The molecule has 0 radical (unpaired) electrons. The van der Waals surface area contributed by atoms with Crippen molar-refractivity contribution in [3.8, 4) is 0 Å². The van der Waals surface area contributed by atoms with Gasteiger partial charge in [0, 0.05) is 18.3 Å². The third-order valence-electron chi connectivity index (χ3n) is 11.1. The van der Waals surface area contributed by atoms with Gasteiger partial charge in [-0.3, -0.25) is 9.59 Å². The van der Waals surface area contributed by atoms with Crippen molar-refractivity contribution >= 4 is 17.5 Å². The zero-order chi connectivity index (χ0) is 27.6. The molecular weight excluding hydrogens is 496 g/mol. The summed E-state index contributed by atoms with van der Waals surface area (Å²) in [5.74, 6) is -0.457. The van der Waals surface area contributed by atoms with Gasteiger partial charge < -0.3 is 34.6 Å². The van der Waals surface area contributed by atoms with E-state index in [-0.39, 0.29) is 46.8 Å². The molecule has 1 aliphatic heterocycles. The van der Waals surface area contributed by atoms with Crippen LogP contribution in [0.2, 0.25) is 0 Å². The molecule has 4 aliphatic carbocycles. The maximum absolute atomic E-state index is 13.8. The highest BCUT2D eigenvalue weighted by atomic mass is 16.7. The van der Waals surface area contributed by atoms with Crippen LogP contribution < -0.4 is 0 Å². The number of hydrogen-bond donors (Lipinski definition) is 4. The Morgan fingerprint density at radius 2 is 1.71 bits per heavy atom. The number of rotatable bonds is 5. The van der Waals surface area contributed by atoms with Gasteiger partial charge in [0.25, 0.3) is 0 Å². The lowest BCUT2D eigenvalue weighted by molar-refractivity contribution is -0.293. The first-order valence-corrected chi connectivity index (χ1v) is 14.0. The van der Waals surface area contributed by atoms with Gasteiger partial charge in [0.1, 0.15) is 30.7 Å². The predicted octanol–water partition coefficient (Wildman–Crippen LogP) is 0.752. The molecule has 4 N–H and O–H groups in total. The van der Waals surface area contributed by atoms with Crippen LogP contribution in [0.3, 0.4) is 0 Å². The molecule has 5 fully saturated rings. The number of esters is 1. The first-order valence-electron chi connectivity index (χ1n) is 14.0. The van der Waals surface area contributed by atoms with Crippen LogP contribution in [0.1, 0.15) is 65.2 Å². The molecule has 4 saturated carbocycles. The highest BCUT2D eigenvalue weighted by Gasteiger charge is 2.64. The van der Waals surface area contributed by atoms with Gasteiger partial charge in [-0.15, -0.1) is 0 Å². The van der Waals surface area contributed by atoms with E-state index >= 15 is 0 Å². The van der Waals surface area contributed by atoms with Crippen LogP contribution in [0, 0.1) is 40.4 Å². The summed E-state index contributed by atoms with van der Waals surface area (Å²) in [7, 11) is 1.10. The summed E-state index contributed by atoms with van der Waals surface area (Å²) in [5, 5.41) is 40.8. The SMILES string of the molecule is COC(=O)[C@@H]1O[C@H](OCC(=O)[C@@H]2CC[C@@H]3[C@@H]4CC[C@@H]5C[C@H](O)CC[C@]5(C)[C@H]4C(=O)C[C@@]32C)[C@@H](O)[C@H](O)[C@H]1O. The number of carbonyl (C=O) groups excluding carboxylic acids is 3. The van der Waals surface area contributed by atoms with Gasteiger partial charge in [0.2, 0.25) is 0 Å². The molecule has 0 aromatic heterocycles. The van der Waals surface area contributed by atoms with Gasteiger partial charge in [-0.1, -0.05) is 13.8 Å². The highest BCUT2D eigenvalue weighted by Crippen LogP contribution is 2.66. The number of aliphatic hydroxyl groups is 4. The van der Waals surface area contributed by atoms with E-state index in [9.17, 15) is 34.8 Å². The lowest BCUT2D eigenvalue weighted by Crippen LogP contribution is -2.60. The Kier molecular flexibility index (Phi) is 7.54. The Morgan fingerprint density at radius 3 is 2.42 bits per heavy atom. The van der Waals surface area contributed by atoms with E-state index in [4.69, 9.17) is 9.47 Å². The molecule has 1 saturated heterocycles. The first-order chi connectivity index (χ1) is 17.9. The molecule has 0 unspecified atom stereocenters. The smallest absolute Gasteiger partial charge is 0.337 e. The van der Waals surface area contributed by atoms with Crippen LogP contribution in [0.4, 0.5) is 0 Å². The van der Waals surface area contributed by atoms with Gasteiger partial charge >= 0.3 is 5.97 Å². The van der Waals surface area contributed by atoms with Gasteiger partial charge in [-0.2, -0.15) is 0 Å². The third kappa shape index (κ3) is 4.36. The molecule has 1 heterocycles. The number of Topliss-reactive ketones (excluding diaryl/α,β-unsaturated/α-hetero) is 2. The number of methoxy groups -OCH3 is 1. The summed E-state index contributed by atoms with van der Waals surface area (Å²) in [6.45, 7) is 3.89. The molecule has 0 bridgehead atoms. The van der Waals surface area contributed by atoms with Crippen molar-refractivity contribution in [1.29, 1.82) is 0 Å². The highest BCUT2D eigenvalue weighted by molar-refractivity contribution is 5.88. The minimum absolute atomic E-state index is 0.0223. The molecule has 5 aliphatic rings. The number of hydrogen-bond acceptors (Lipinski definition) is 10. The first kappa shape index (κ1) is 28.1. The van der Waals surface area contributed by atoms with Crippen molar-refractivity contribution in [3.05, 3.63) is 0 Å². The molecule has 214 valence electrons. The number of ketones is 2. The van der Waals surface area contributed by atoms with Gasteiger partial charge in [0.15, 0.2) is 18.2 Å². The summed E-state index contributed by atoms with van der Waals surface area (Å²) < 4.78 is 15.5. The molecule has 0 amide bonds. The maximum Gasteiger partial charge on any atom is 0.337 e. The van der Waals surface area contributed by atoms with Crippen molar-refractivity contribution in [2.75, 3.05) is 13.7 Å². The molecule has 0 aromatic rings. The zero-order valence-electron chi connectivity index (χ0n) is 22.5. The molecule has 10 nitrogen and oxygen atoms in total. The predicted molar refractivity (Wildman–Crippen MR) is 131 cm³/mol. The van der Waals surface area contributed by atoms with Crippen LogP contribution in [0.5, 0.6) is 0 Å². The molecule has 38 heavy (non-hydrogen) atoms. The second kappa shape index (κ2) is 10.2. The van der Waals surface area contributed by atoms with E-state index in [0.717, 1.165) is 45.6 Å². The lowest BCUT2D eigenvalue weighted by atomic mass is 9.44.